The molecule has 1 unspecified atom stereocenters. The van der Waals surface area contributed by atoms with Crippen molar-refractivity contribution in [1.29, 1.82) is 0 Å². The molecule has 1 aliphatic rings. The van der Waals surface area contributed by atoms with Crippen molar-refractivity contribution in [3.8, 4) is 23.0 Å². The Hall–Kier alpha value is -5.38. The van der Waals surface area contributed by atoms with Crippen molar-refractivity contribution in [1.82, 2.24) is 4.98 Å². The Morgan fingerprint density at radius 3 is 2.20 bits per heavy atom. The molecule has 6 N–H and O–H groups in total. The van der Waals surface area contributed by atoms with Crippen LogP contribution in [0.2, 0.25) is 0 Å². The molecule has 49 heavy (non-hydrogen) atoms. The van der Waals surface area contributed by atoms with Gasteiger partial charge < -0.3 is 39.8 Å². The van der Waals surface area contributed by atoms with Gasteiger partial charge in [0.25, 0.3) is 0 Å². The van der Waals surface area contributed by atoms with E-state index in [0.717, 1.165) is 6.07 Å². The summed E-state index contributed by atoms with van der Waals surface area (Å²) in [4.78, 5) is 42.6. The molecule has 0 radical (unpaired) electrons. The summed E-state index contributed by atoms with van der Waals surface area (Å²) in [6.45, 7) is 0.903. The van der Waals surface area contributed by atoms with Gasteiger partial charge in [0, 0.05) is 41.0 Å². The second kappa shape index (κ2) is 15.2. The molecule has 0 saturated heterocycles. The molecular weight excluding hydrogens is 646 g/mol. The van der Waals surface area contributed by atoms with Crippen LogP contribution in [-0.2, 0) is 19.1 Å². The number of carbonyl (C=O) groups excluding carboxylic acids is 3. The van der Waals surface area contributed by atoms with Gasteiger partial charge in [-0.05, 0) is 68.3 Å². The summed E-state index contributed by atoms with van der Waals surface area (Å²) in [6.07, 6.45) is 0.444. The molecule has 1 heterocycles. The van der Waals surface area contributed by atoms with Crippen molar-refractivity contribution in [3.63, 3.8) is 0 Å². The summed E-state index contributed by atoms with van der Waals surface area (Å²) < 4.78 is 50.7. The monoisotopic (exact) mass is 680 g/mol. The van der Waals surface area contributed by atoms with Crippen molar-refractivity contribution in [2.45, 2.75) is 26.0 Å². The van der Waals surface area contributed by atoms with Gasteiger partial charge in [-0.3, -0.25) is 20.3 Å². The number of anilines is 2. The zero-order chi connectivity index (χ0) is 35.1. The molecule has 0 aliphatic heterocycles. The average Bonchev–Trinajstić information content (AvgIpc) is 3.90. The van der Waals surface area contributed by atoms with Crippen LogP contribution in [0.5, 0.6) is 23.0 Å². The number of pyridine rings is 1. The predicted octanol–water partition coefficient (Wildman–Crippen LogP) is 3.87. The van der Waals surface area contributed by atoms with E-state index < -0.39 is 47.0 Å². The van der Waals surface area contributed by atoms with Gasteiger partial charge >= 0.3 is 5.97 Å². The molecule has 258 valence electrons. The van der Waals surface area contributed by atoms with Gasteiger partial charge in [-0.15, -0.1) is 0 Å². The lowest BCUT2D eigenvalue weighted by Gasteiger charge is -2.19. The summed E-state index contributed by atoms with van der Waals surface area (Å²) in [5.41, 5.74) is 5.32. The Labute approximate surface area is 278 Å². The fourth-order valence-corrected chi connectivity index (χ4v) is 4.70. The highest BCUT2D eigenvalue weighted by Gasteiger charge is 2.56. The van der Waals surface area contributed by atoms with Gasteiger partial charge in [0.05, 0.1) is 31.9 Å². The molecule has 2 amide bonds. The van der Waals surface area contributed by atoms with E-state index in [0.29, 0.717) is 29.4 Å². The van der Waals surface area contributed by atoms with Gasteiger partial charge in [0.2, 0.25) is 18.0 Å². The van der Waals surface area contributed by atoms with E-state index in [4.69, 9.17) is 34.9 Å². The van der Waals surface area contributed by atoms with Gasteiger partial charge in [-0.2, -0.15) is 0 Å². The molecule has 0 spiro atoms. The summed E-state index contributed by atoms with van der Waals surface area (Å²) in [6, 6.07) is 13.5. The number of benzene rings is 3. The van der Waals surface area contributed by atoms with Crippen LogP contribution in [0, 0.1) is 23.0 Å². The van der Waals surface area contributed by atoms with Crippen LogP contribution < -0.4 is 30.6 Å². The highest BCUT2D eigenvalue weighted by Crippen LogP contribution is 2.47. The standard InChI is InChI=1S/C34H34F2N4O9/c1-2-46-28-14-23-25(15-29(28)49-30(37)31(43)47-18-19(16-41)17-42)38-12-9-26(23)48-27-8-7-22(13-24(27)36)40-33(45)34(10-11-34)32(44)39-21-5-3-20(35)4-6-21/h3-9,12-15,19,30,41-42H,2,10-11,16-18,37H2,1H3,(H,39,44)(H,40,45). The highest BCUT2D eigenvalue weighted by molar-refractivity contribution is 6.16. The number of fused-ring (bicyclic) bond motifs is 1. The number of nitrogens with two attached hydrogens (primary N) is 1. The van der Waals surface area contributed by atoms with E-state index in [1.165, 1.54) is 60.8 Å². The molecule has 13 nitrogen and oxygen atoms in total. The lowest BCUT2D eigenvalue weighted by molar-refractivity contribution is -0.154. The molecule has 15 heteroatoms. The van der Waals surface area contributed by atoms with E-state index in [1.54, 1.807) is 6.92 Å². The lowest BCUT2D eigenvalue weighted by Crippen LogP contribution is -2.39. The number of halogens is 2. The quantitative estimate of drug-likeness (QED) is 0.0696. The van der Waals surface area contributed by atoms with Crippen molar-refractivity contribution in [2.24, 2.45) is 17.1 Å². The number of hydrogen-bond donors (Lipinski definition) is 5. The third-order valence-electron chi connectivity index (χ3n) is 7.66. The second-order valence-corrected chi connectivity index (χ2v) is 11.2. The fourth-order valence-electron chi connectivity index (χ4n) is 4.70. The molecule has 5 rings (SSSR count). The minimum Gasteiger partial charge on any atom is -0.490 e. The minimum absolute atomic E-state index is 0.0652. The molecule has 3 aromatic carbocycles. The number of rotatable bonds is 15. The smallest absolute Gasteiger partial charge is 0.362 e. The number of aliphatic hydroxyl groups excluding tert-OH is 2. The molecule has 1 saturated carbocycles. The Morgan fingerprint density at radius 2 is 1.57 bits per heavy atom. The summed E-state index contributed by atoms with van der Waals surface area (Å²) >= 11 is 0. The van der Waals surface area contributed by atoms with E-state index in [2.05, 4.69) is 15.6 Å². The number of hydrogen-bond acceptors (Lipinski definition) is 11. The first-order valence-corrected chi connectivity index (χ1v) is 15.3. The third kappa shape index (κ3) is 8.20. The Kier molecular flexibility index (Phi) is 10.9. The van der Waals surface area contributed by atoms with E-state index >= 15 is 4.39 Å². The fraction of sp³-hybridized carbons (Fsp3) is 0.294. The Balaban J connectivity index is 1.28. The Morgan fingerprint density at radius 1 is 0.898 bits per heavy atom. The van der Waals surface area contributed by atoms with Gasteiger partial charge in [-0.25, -0.2) is 13.6 Å². The molecule has 1 aromatic heterocycles. The maximum absolute atomic E-state index is 15.3. The minimum atomic E-state index is -1.57. The second-order valence-electron chi connectivity index (χ2n) is 11.2. The first-order chi connectivity index (χ1) is 23.6. The number of amides is 2. The van der Waals surface area contributed by atoms with Crippen molar-refractivity contribution < 1.29 is 52.3 Å². The predicted molar refractivity (Wildman–Crippen MR) is 172 cm³/mol. The summed E-state index contributed by atoms with van der Waals surface area (Å²) in [5.74, 6) is -3.75. The maximum atomic E-state index is 15.3. The number of nitrogens with zero attached hydrogens (tertiary/aromatic N) is 1. The zero-order valence-electron chi connectivity index (χ0n) is 26.3. The van der Waals surface area contributed by atoms with Crippen LogP contribution in [0.1, 0.15) is 19.8 Å². The van der Waals surface area contributed by atoms with Crippen molar-refractivity contribution in [3.05, 3.63) is 78.5 Å². The van der Waals surface area contributed by atoms with Gasteiger partial charge in [0.1, 0.15) is 17.0 Å². The normalized spacial score (nSPS) is 13.8. The van der Waals surface area contributed by atoms with E-state index in [-0.39, 0.29) is 55.1 Å². The third-order valence-corrected chi connectivity index (χ3v) is 7.66. The topological polar surface area (TPSA) is 192 Å². The zero-order valence-corrected chi connectivity index (χ0v) is 26.3. The van der Waals surface area contributed by atoms with E-state index in [9.17, 15) is 18.8 Å². The molecular formula is C34H34F2N4O9. The number of ether oxygens (including phenoxy) is 4. The average molecular weight is 681 g/mol. The number of nitrogens with one attached hydrogen (secondary N) is 2. The molecule has 0 bridgehead atoms. The summed E-state index contributed by atoms with van der Waals surface area (Å²) in [7, 11) is 0. The van der Waals surface area contributed by atoms with Crippen LogP contribution >= 0.6 is 0 Å². The lowest BCUT2D eigenvalue weighted by atomic mass is 10.0. The molecule has 4 aromatic rings. The molecule has 1 atom stereocenters. The van der Waals surface area contributed by atoms with Gasteiger partial charge in [-0.1, -0.05) is 0 Å². The number of aliphatic hydroxyl groups is 2. The number of esters is 1. The first-order valence-electron chi connectivity index (χ1n) is 15.3. The van der Waals surface area contributed by atoms with Crippen LogP contribution in [0.4, 0.5) is 20.2 Å². The van der Waals surface area contributed by atoms with Crippen LogP contribution in [0.15, 0.2) is 66.9 Å². The SMILES string of the molecule is CCOc1cc2c(Oc3ccc(NC(=O)C4(C(=O)Nc5ccc(F)cc5)CC4)cc3F)ccnc2cc1OC(N)C(=O)OCC(CO)CO. The number of aromatic nitrogens is 1. The largest absolute Gasteiger partial charge is 0.490 e. The van der Waals surface area contributed by atoms with Crippen LogP contribution in [-0.4, -0.2) is 65.6 Å². The van der Waals surface area contributed by atoms with Crippen molar-refractivity contribution in [2.75, 3.05) is 37.1 Å². The molecule has 1 fully saturated rings. The van der Waals surface area contributed by atoms with Crippen LogP contribution in [0.3, 0.4) is 0 Å². The number of carbonyl (C=O) groups is 3. The maximum Gasteiger partial charge on any atom is 0.362 e. The van der Waals surface area contributed by atoms with Crippen LogP contribution in [0.25, 0.3) is 10.9 Å². The molecule has 1 aliphatic carbocycles. The Bertz CT molecular complexity index is 1830. The highest BCUT2D eigenvalue weighted by atomic mass is 19.1. The van der Waals surface area contributed by atoms with E-state index in [1.807, 2.05) is 0 Å². The van der Waals surface area contributed by atoms with Crippen molar-refractivity contribution >= 4 is 40.1 Å². The summed E-state index contributed by atoms with van der Waals surface area (Å²) in [5, 5.41) is 24.0. The first kappa shape index (κ1) is 34.9. The van der Waals surface area contributed by atoms with Gasteiger partial charge in [0.15, 0.2) is 23.1 Å².